The molecular weight excluding hydrogens is 332 g/mol. The highest BCUT2D eigenvalue weighted by Gasteiger charge is 2.18. The summed E-state index contributed by atoms with van der Waals surface area (Å²) < 4.78 is 6.72. The standard InChI is InChI=1S/C16H13ClN4O3/c1-9-3-5-12(24-2)11(7-9)19-20-15-14(16(22)23)18-13-6-4-10(17)8-21(13)15/h3-8H,1-2H3,(H,22,23). The molecule has 3 aromatic rings. The van der Waals surface area contributed by atoms with Crippen LogP contribution in [0.15, 0.2) is 46.8 Å². The molecule has 1 N–H and O–H groups in total. The zero-order chi connectivity index (χ0) is 17.3. The highest BCUT2D eigenvalue weighted by molar-refractivity contribution is 6.30. The molecule has 0 aliphatic carbocycles. The molecule has 24 heavy (non-hydrogen) atoms. The second-order valence-electron chi connectivity index (χ2n) is 5.04. The monoisotopic (exact) mass is 344 g/mol. The minimum Gasteiger partial charge on any atom is -0.494 e. The lowest BCUT2D eigenvalue weighted by molar-refractivity contribution is 0.0692. The van der Waals surface area contributed by atoms with Crippen LogP contribution in [0.4, 0.5) is 11.5 Å². The van der Waals surface area contributed by atoms with Crippen molar-refractivity contribution in [2.75, 3.05) is 7.11 Å². The number of rotatable bonds is 4. The minimum absolute atomic E-state index is 0.0866. The van der Waals surface area contributed by atoms with E-state index < -0.39 is 5.97 Å². The number of benzene rings is 1. The van der Waals surface area contributed by atoms with Crippen LogP contribution in [0.2, 0.25) is 5.02 Å². The van der Waals surface area contributed by atoms with Gasteiger partial charge in [-0.1, -0.05) is 17.7 Å². The number of carboxylic acid groups (broad SMARTS) is 1. The van der Waals surface area contributed by atoms with E-state index >= 15 is 0 Å². The molecule has 8 heteroatoms. The maximum atomic E-state index is 11.4. The molecule has 3 rings (SSSR count). The van der Waals surface area contributed by atoms with Crippen LogP contribution in [0.1, 0.15) is 16.1 Å². The van der Waals surface area contributed by atoms with E-state index in [0.29, 0.717) is 22.1 Å². The van der Waals surface area contributed by atoms with Crippen molar-refractivity contribution in [1.29, 1.82) is 0 Å². The van der Waals surface area contributed by atoms with Gasteiger partial charge in [-0.2, -0.15) is 0 Å². The van der Waals surface area contributed by atoms with Gasteiger partial charge in [0.2, 0.25) is 0 Å². The minimum atomic E-state index is -1.19. The van der Waals surface area contributed by atoms with Crippen LogP contribution in [0.5, 0.6) is 5.75 Å². The summed E-state index contributed by atoms with van der Waals surface area (Å²) in [5, 5.41) is 18.0. The normalized spacial score (nSPS) is 11.3. The molecule has 2 heterocycles. The van der Waals surface area contributed by atoms with Crippen molar-refractivity contribution in [3.63, 3.8) is 0 Å². The molecule has 0 atom stereocenters. The number of fused-ring (bicyclic) bond motifs is 1. The van der Waals surface area contributed by atoms with Gasteiger partial charge in [0.15, 0.2) is 11.5 Å². The molecule has 0 saturated carbocycles. The van der Waals surface area contributed by atoms with Gasteiger partial charge in [-0.3, -0.25) is 4.40 Å². The zero-order valence-electron chi connectivity index (χ0n) is 12.9. The van der Waals surface area contributed by atoms with Gasteiger partial charge in [0.05, 0.1) is 12.1 Å². The summed E-state index contributed by atoms with van der Waals surface area (Å²) in [7, 11) is 1.53. The molecule has 1 aromatic carbocycles. The van der Waals surface area contributed by atoms with Crippen LogP contribution in [0.25, 0.3) is 5.65 Å². The van der Waals surface area contributed by atoms with Gasteiger partial charge in [0.1, 0.15) is 17.1 Å². The first-order valence-corrected chi connectivity index (χ1v) is 7.34. The van der Waals surface area contributed by atoms with Gasteiger partial charge in [0, 0.05) is 6.20 Å². The number of ether oxygens (including phenoxy) is 1. The predicted octanol–water partition coefficient (Wildman–Crippen LogP) is 4.42. The fourth-order valence-corrected chi connectivity index (χ4v) is 2.39. The summed E-state index contributed by atoms with van der Waals surface area (Å²) in [6.07, 6.45) is 1.54. The van der Waals surface area contributed by atoms with Crippen molar-refractivity contribution < 1.29 is 14.6 Å². The van der Waals surface area contributed by atoms with Crippen molar-refractivity contribution in [2.24, 2.45) is 10.2 Å². The van der Waals surface area contributed by atoms with E-state index in [-0.39, 0.29) is 11.5 Å². The molecule has 0 bridgehead atoms. The molecule has 0 fully saturated rings. The van der Waals surface area contributed by atoms with Gasteiger partial charge in [-0.05, 0) is 36.8 Å². The number of azo groups is 1. The van der Waals surface area contributed by atoms with Crippen molar-refractivity contribution in [1.82, 2.24) is 9.38 Å². The van der Waals surface area contributed by atoms with Crippen molar-refractivity contribution in [2.45, 2.75) is 6.92 Å². The van der Waals surface area contributed by atoms with Crippen molar-refractivity contribution >= 4 is 34.7 Å². The van der Waals surface area contributed by atoms with E-state index in [1.807, 2.05) is 13.0 Å². The topological polar surface area (TPSA) is 88.5 Å². The predicted molar refractivity (Wildman–Crippen MR) is 89.1 cm³/mol. The summed E-state index contributed by atoms with van der Waals surface area (Å²) >= 11 is 5.98. The van der Waals surface area contributed by atoms with E-state index in [1.54, 1.807) is 24.3 Å². The van der Waals surface area contributed by atoms with Crippen LogP contribution in [-0.4, -0.2) is 27.6 Å². The van der Waals surface area contributed by atoms with Gasteiger partial charge < -0.3 is 9.84 Å². The highest BCUT2D eigenvalue weighted by atomic mass is 35.5. The first-order valence-electron chi connectivity index (χ1n) is 6.97. The molecule has 0 radical (unpaired) electrons. The second kappa shape index (κ2) is 6.29. The largest absolute Gasteiger partial charge is 0.494 e. The molecule has 0 aliphatic heterocycles. The quantitative estimate of drug-likeness (QED) is 0.709. The number of halogens is 1. The Morgan fingerprint density at radius 1 is 1.29 bits per heavy atom. The Kier molecular flexibility index (Phi) is 4.18. The Bertz CT molecular complexity index is 965. The van der Waals surface area contributed by atoms with Crippen molar-refractivity contribution in [3.8, 4) is 5.75 Å². The van der Waals surface area contributed by atoms with Gasteiger partial charge >= 0.3 is 5.97 Å². The molecule has 7 nitrogen and oxygen atoms in total. The lowest BCUT2D eigenvalue weighted by Crippen LogP contribution is -1.96. The summed E-state index contributed by atoms with van der Waals surface area (Å²) in [4.78, 5) is 15.5. The van der Waals surface area contributed by atoms with Gasteiger partial charge in [-0.15, -0.1) is 10.2 Å². The lowest BCUT2D eigenvalue weighted by atomic mass is 10.2. The average Bonchev–Trinajstić information content (AvgIpc) is 2.91. The third kappa shape index (κ3) is 2.93. The van der Waals surface area contributed by atoms with Crippen LogP contribution in [0, 0.1) is 6.92 Å². The fourth-order valence-electron chi connectivity index (χ4n) is 2.22. The van der Waals surface area contributed by atoms with Gasteiger partial charge in [0.25, 0.3) is 0 Å². The number of aryl methyl sites for hydroxylation is 1. The number of methoxy groups -OCH3 is 1. The van der Waals surface area contributed by atoms with E-state index in [0.717, 1.165) is 5.56 Å². The summed E-state index contributed by atoms with van der Waals surface area (Å²) in [5.41, 5.74) is 1.69. The molecule has 122 valence electrons. The third-order valence-corrected chi connectivity index (χ3v) is 3.57. The molecule has 0 spiro atoms. The van der Waals surface area contributed by atoms with E-state index in [2.05, 4.69) is 15.2 Å². The van der Waals surface area contributed by atoms with E-state index in [9.17, 15) is 9.90 Å². The second-order valence-corrected chi connectivity index (χ2v) is 5.48. The Balaban J connectivity index is 2.15. The van der Waals surface area contributed by atoms with Crippen LogP contribution in [-0.2, 0) is 0 Å². The number of aromatic carboxylic acids is 1. The Labute approximate surface area is 142 Å². The number of pyridine rings is 1. The molecular formula is C16H13ClN4O3. The number of imidazole rings is 1. The summed E-state index contributed by atoms with van der Waals surface area (Å²) in [6.45, 7) is 1.91. The SMILES string of the molecule is COc1ccc(C)cc1N=Nc1c(C(=O)O)nc2ccc(Cl)cn12. The number of carboxylic acids is 1. The summed E-state index contributed by atoms with van der Waals surface area (Å²) in [5.74, 6) is -0.573. The number of hydrogen-bond acceptors (Lipinski definition) is 5. The fraction of sp³-hybridized carbons (Fsp3) is 0.125. The van der Waals surface area contributed by atoms with E-state index in [1.165, 1.54) is 17.7 Å². The smallest absolute Gasteiger partial charge is 0.358 e. The molecule has 2 aromatic heterocycles. The average molecular weight is 345 g/mol. The van der Waals surface area contributed by atoms with Crippen LogP contribution in [0.3, 0.4) is 0 Å². The molecule has 0 amide bonds. The number of hydrogen-bond donors (Lipinski definition) is 1. The maximum absolute atomic E-state index is 11.4. The maximum Gasteiger partial charge on any atom is 0.358 e. The van der Waals surface area contributed by atoms with Crippen LogP contribution < -0.4 is 4.74 Å². The highest BCUT2D eigenvalue weighted by Crippen LogP contribution is 2.31. The lowest BCUT2D eigenvalue weighted by Gasteiger charge is -2.04. The van der Waals surface area contributed by atoms with Crippen LogP contribution >= 0.6 is 11.6 Å². The molecule has 0 unspecified atom stereocenters. The Morgan fingerprint density at radius 3 is 2.79 bits per heavy atom. The number of nitrogens with zero attached hydrogens (tertiary/aromatic N) is 4. The Morgan fingerprint density at radius 2 is 2.08 bits per heavy atom. The summed E-state index contributed by atoms with van der Waals surface area (Å²) in [6, 6.07) is 8.68. The van der Waals surface area contributed by atoms with Gasteiger partial charge in [-0.25, -0.2) is 9.78 Å². The number of carbonyl (C=O) groups is 1. The zero-order valence-corrected chi connectivity index (χ0v) is 13.7. The first-order chi connectivity index (χ1) is 11.5. The van der Waals surface area contributed by atoms with Crippen molar-refractivity contribution in [3.05, 3.63) is 52.8 Å². The third-order valence-electron chi connectivity index (χ3n) is 3.35. The van der Waals surface area contributed by atoms with E-state index in [4.69, 9.17) is 16.3 Å². The molecule has 0 saturated heterocycles. The first kappa shape index (κ1) is 15.9. The molecule has 0 aliphatic rings. The number of aromatic nitrogens is 2. The Hall–Kier alpha value is -2.93.